The lowest BCUT2D eigenvalue weighted by molar-refractivity contribution is -0.276. The molecule has 0 N–H and O–H groups in total. The standard InChI is InChI=1S/C10H8ClF3N2O/c1-6-4-9(17-10(12,13)14)16-8(2-3-15)7(6)5-11/h4H,2,5H2,1H3. The van der Waals surface area contributed by atoms with Crippen molar-refractivity contribution in [3.8, 4) is 11.9 Å². The molecule has 92 valence electrons. The summed E-state index contributed by atoms with van der Waals surface area (Å²) >= 11 is 5.65. The van der Waals surface area contributed by atoms with Gasteiger partial charge in [-0.05, 0) is 18.1 Å². The predicted octanol–water partition coefficient (Wildman–Crippen LogP) is 3.09. The van der Waals surface area contributed by atoms with Crippen molar-refractivity contribution in [2.75, 3.05) is 0 Å². The minimum atomic E-state index is -4.80. The summed E-state index contributed by atoms with van der Waals surface area (Å²) in [6.45, 7) is 1.59. The fourth-order valence-corrected chi connectivity index (χ4v) is 1.67. The first-order valence-corrected chi connectivity index (χ1v) is 5.09. The Morgan fingerprint density at radius 1 is 1.53 bits per heavy atom. The molecule has 0 radical (unpaired) electrons. The van der Waals surface area contributed by atoms with E-state index in [0.29, 0.717) is 11.1 Å². The predicted molar refractivity (Wildman–Crippen MR) is 54.5 cm³/mol. The zero-order valence-electron chi connectivity index (χ0n) is 8.81. The van der Waals surface area contributed by atoms with E-state index >= 15 is 0 Å². The van der Waals surface area contributed by atoms with Gasteiger partial charge in [0.2, 0.25) is 5.88 Å². The molecular weight excluding hydrogens is 257 g/mol. The quantitative estimate of drug-likeness (QED) is 0.788. The van der Waals surface area contributed by atoms with E-state index in [2.05, 4.69) is 9.72 Å². The van der Waals surface area contributed by atoms with Crippen molar-refractivity contribution >= 4 is 11.6 Å². The van der Waals surface area contributed by atoms with E-state index < -0.39 is 12.2 Å². The van der Waals surface area contributed by atoms with E-state index in [9.17, 15) is 13.2 Å². The molecule has 0 aliphatic carbocycles. The highest BCUT2D eigenvalue weighted by Crippen LogP contribution is 2.25. The van der Waals surface area contributed by atoms with Crippen molar-refractivity contribution in [3.63, 3.8) is 0 Å². The van der Waals surface area contributed by atoms with Gasteiger partial charge in [0, 0.05) is 11.9 Å². The van der Waals surface area contributed by atoms with Crippen LogP contribution >= 0.6 is 11.6 Å². The molecular formula is C10H8ClF3N2O. The fraction of sp³-hybridized carbons (Fsp3) is 0.400. The smallest absolute Gasteiger partial charge is 0.388 e. The van der Waals surface area contributed by atoms with Gasteiger partial charge in [-0.25, -0.2) is 4.98 Å². The van der Waals surface area contributed by atoms with Crippen LogP contribution in [-0.2, 0) is 12.3 Å². The monoisotopic (exact) mass is 264 g/mol. The lowest BCUT2D eigenvalue weighted by atomic mass is 10.1. The number of alkyl halides is 4. The van der Waals surface area contributed by atoms with Crippen LogP contribution in [0.2, 0.25) is 0 Å². The van der Waals surface area contributed by atoms with Gasteiger partial charge in [0.1, 0.15) is 0 Å². The third-order valence-electron chi connectivity index (χ3n) is 2.01. The largest absolute Gasteiger partial charge is 0.574 e. The summed E-state index contributed by atoms with van der Waals surface area (Å²) in [4.78, 5) is 3.63. The average Bonchev–Trinajstić information content (AvgIpc) is 2.15. The molecule has 0 unspecified atom stereocenters. The maximum absolute atomic E-state index is 12.0. The summed E-state index contributed by atoms with van der Waals surface area (Å²) < 4.78 is 39.8. The number of ether oxygens (including phenoxy) is 1. The molecule has 17 heavy (non-hydrogen) atoms. The molecule has 1 heterocycles. The van der Waals surface area contributed by atoms with Crippen LogP contribution in [0.25, 0.3) is 0 Å². The van der Waals surface area contributed by atoms with E-state index in [0.717, 1.165) is 6.07 Å². The Hall–Kier alpha value is -1.48. The molecule has 3 nitrogen and oxygen atoms in total. The number of hydrogen-bond donors (Lipinski definition) is 0. The van der Waals surface area contributed by atoms with Crippen LogP contribution in [0.3, 0.4) is 0 Å². The van der Waals surface area contributed by atoms with Gasteiger partial charge in [-0.1, -0.05) is 0 Å². The van der Waals surface area contributed by atoms with E-state index in [1.54, 1.807) is 6.92 Å². The maximum Gasteiger partial charge on any atom is 0.574 e. The number of rotatable bonds is 3. The first-order valence-electron chi connectivity index (χ1n) is 4.55. The molecule has 0 bridgehead atoms. The van der Waals surface area contributed by atoms with Crippen LogP contribution in [0.5, 0.6) is 5.88 Å². The fourth-order valence-electron chi connectivity index (χ4n) is 1.31. The Morgan fingerprint density at radius 2 is 2.18 bits per heavy atom. The topological polar surface area (TPSA) is 45.9 Å². The molecule has 0 aliphatic rings. The molecule has 0 saturated carbocycles. The van der Waals surface area contributed by atoms with Crippen LogP contribution < -0.4 is 4.74 Å². The molecule has 0 saturated heterocycles. The Morgan fingerprint density at radius 3 is 2.65 bits per heavy atom. The van der Waals surface area contributed by atoms with Gasteiger partial charge in [0.25, 0.3) is 0 Å². The first-order chi connectivity index (χ1) is 7.87. The van der Waals surface area contributed by atoms with Crippen molar-refractivity contribution in [2.45, 2.75) is 25.6 Å². The summed E-state index contributed by atoms with van der Waals surface area (Å²) in [5.41, 5.74) is 1.28. The second-order valence-electron chi connectivity index (χ2n) is 3.22. The molecule has 1 aromatic heterocycles. The SMILES string of the molecule is Cc1cc(OC(F)(F)F)nc(CC#N)c1CCl. The molecule has 0 amide bonds. The average molecular weight is 265 g/mol. The van der Waals surface area contributed by atoms with Gasteiger partial charge in [-0.2, -0.15) is 5.26 Å². The third kappa shape index (κ3) is 3.79. The Balaban J connectivity index is 3.15. The molecule has 1 aromatic rings. The van der Waals surface area contributed by atoms with E-state index in [-0.39, 0.29) is 18.0 Å². The molecule has 0 atom stereocenters. The molecule has 1 rings (SSSR count). The highest BCUT2D eigenvalue weighted by atomic mass is 35.5. The van der Waals surface area contributed by atoms with Crippen LogP contribution in [0.4, 0.5) is 13.2 Å². The number of aryl methyl sites for hydroxylation is 1. The summed E-state index contributed by atoms with van der Waals surface area (Å²) in [7, 11) is 0. The summed E-state index contributed by atoms with van der Waals surface area (Å²) in [6.07, 6.45) is -4.91. The third-order valence-corrected chi connectivity index (χ3v) is 2.28. The summed E-state index contributed by atoms with van der Waals surface area (Å²) in [5, 5.41) is 8.56. The number of nitrogens with zero attached hydrogens (tertiary/aromatic N) is 2. The van der Waals surface area contributed by atoms with Gasteiger partial charge < -0.3 is 4.74 Å². The van der Waals surface area contributed by atoms with E-state index in [1.165, 1.54) is 0 Å². The normalized spacial score (nSPS) is 11.1. The van der Waals surface area contributed by atoms with Crippen molar-refractivity contribution in [1.29, 1.82) is 5.26 Å². The highest BCUT2D eigenvalue weighted by Gasteiger charge is 2.32. The molecule has 7 heteroatoms. The van der Waals surface area contributed by atoms with Gasteiger partial charge in [-0.15, -0.1) is 24.8 Å². The lowest BCUT2D eigenvalue weighted by Gasteiger charge is -2.12. The van der Waals surface area contributed by atoms with Crippen LogP contribution in [-0.4, -0.2) is 11.3 Å². The molecule has 0 spiro atoms. The van der Waals surface area contributed by atoms with Gasteiger partial charge in [0.05, 0.1) is 18.2 Å². The number of halogens is 4. The van der Waals surface area contributed by atoms with Crippen LogP contribution in [0.1, 0.15) is 16.8 Å². The van der Waals surface area contributed by atoms with Crippen molar-refractivity contribution in [3.05, 3.63) is 22.9 Å². The van der Waals surface area contributed by atoms with Crippen LogP contribution in [0.15, 0.2) is 6.07 Å². The zero-order valence-corrected chi connectivity index (χ0v) is 9.56. The number of nitriles is 1. The highest BCUT2D eigenvalue weighted by molar-refractivity contribution is 6.17. The van der Waals surface area contributed by atoms with Crippen LogP contribution in [0, 0.1) is 18.3 Å². The zero-order chi connectivity index (χ0) is 13.1. The van der Waals surface area contributed by atoms with Gasteiger partial charge in [0.15, 0.2) is 0 Å². The van der Waals surface area contributed by atoms with Crippen molar-refractivity contribution in [2.24, 2.45) is 0 Å². The second-order valence-corrected chi connectivity index (χ2v) is 3.49. The minimum Gasteiger partial charge on any atom is -0.388 e. The minimum absolute atomic E-state index is 0.0855. The van der Waals surface area contributed by atoms with Crippen molar-refractivity contribution in [1.82, 2.24) is 4.98 Å². The lowest BCUT2D eigenvalue weighted by Crippen LogP contribution is -2.18. The number of aromatic nitrogens is 1. The number of hydrogen-bond acceptors (Lipinski definition) is 3. The molecule has 0 fully saturated rings. The van der Waals surface area contributed by atoms with Gasteiger partial charge >= 0.3 is 6.36 Å². The van der Waals surface area contributed by atoms with Gasteiger partial charge in [-0.3, -0.25) is 0 Å². The maximum atomic E-state index is 12.0. The summed E-state index contributed by atoms with van der Waals surface area (Å²) in [5.74, 6) is -0.489. The summed E-state index contributed by atoms with van der Waals surface area (Å²) in [6, 6.07) is 2.96. The Kier molecular flexibility index (Phi) is 4.18. The molecule has 0 aliphatic heterocycles. The second kappa shape index (κ2) is 5.23. The number of pyridine rings is 1. The van der Waals surface area contributed by atoms with E-state index in [4.69, 9.17) is 16.9 Å². The first kappa shape index (κ1) is 13.6. The molecule has 0 aromatic carbocycles. The van der Waals surface area contributed by atoms with Crippen molar-refractivity contribution < 1.29 is 17.9 Å². The Bertz CT molecular complexity index is 454. The van der Waals surface area contributed by atoms with E-state index in [1.807, 2.05) is 6.07 Å². The Labute approximate surface area is 101 Å².